The Morgan fingerprint density at radius 1 is 0.950 bits per heavy atom. The van der Waals surface area contributed by atoms with Crippen molar-refractivity contribution in [2.45, 2.75) is 13.3 Å². The van der Waals surface area contributed by atoms with Gasteiger partial charge in [0.25, 0.3) is 0 Å². The first kappa shape index (κ1) is 14.2. The summed E-state index contributed by atoms with van der Waals surface area (Å²) in [5.74, 6) is -12.6. The van der Waals surface area contributed by atoms with Gasteiger partial charge < -0.3 is 4.42 Å². The Kier molecular flexibility index (Phi) is 3.61. The summed E-state index contributed by atoms with van der Waals surface area (Å²) in [6.45, 7) is 1.70. The van der Waals surface area contributed by atoms with E-state index in [0.29, 0.717) is 12.2 Å². The highest BCUT2D eigenvalue weighted by molar-refractivity contribution is 6.07. The van der Waals surface area contributed by atoms with Gasteiger partial charge in [-0.25, -0.2) is 22.0 Å². The van der Waals surface area contributed by atoms with Crippen molar-refractivity contribution in [2.75, 3.05) is 0 Å². The molecule has 0 fully saturated rings. The lowest BCUT2D eigenvalue weighted by atomic mass is 10.1. The van der Waals surface area contributed by atoms with E-state index in [1.54, 1.807) is 6.92 Å². The average Bonchev–Trinajstić information content (AvgIpc) is 2.92. The van der Waals surface area contributed by atoms with Gasteiger partial charge in [0.1, 0.15) is 11.3 Å². The van der Waals surface area contributed by atoms with Crippen LogP contribution < -0.4 is 0 Å². The van der Waals surface area contributed by atoms with Gasteiger partial charge in [-0.15, -0.1) is 0 Å². The molecule has 20 heavy (non-hydrogen) atoms. The third-order valence-electron chi connectivity index (χ3n) is 2.67. The monoisotopic (exact) mass is 290 g/mol. The van der Waals surface area contributed by atoms with Crippen LogP contribution in [-0.4, -0.2) is 5.78 Å². The fourth-order valence-corrected chi connectivity index (χ4v) is 1.62. The summed E-state index contributed by atoms with van der Waals surface area (Å²) >= 11 is 0. The van der Waals surface area contributed by atoms with Gasteiger partial charge in [-0.3, -0.25) is 4.79 Å². The van der Waals surface area contributed by atoms with Crippen molar-refractivity contribution < 1.29 is 31.2 Å². The molecule has 0 aliphatic rings. The normalized spacial score (nSPS) is 10.9. The van der Waals surface area contributed by atoms with Crippen LogP contribution in [0.3, 0.4) is 0 Å². The van der Waals surface area contributed by atoms with Crippen molar-refractivity contribution in [1.29, 1.82) is 0 Å². The molecule has 1 aromatic heterocycles. The smallest absolute Gasteiger partial charge is 0.234 e. The molecule has 0 saturated heterocycles. The number of ketones is 1. The van der Waals surface area contributed by atoms with E-state index >= 15 is 0 Å². The first-order valence-electron chi connectivity index (χ1n) is 5.53. The SMILES string of the molecule is CCc1ccc(C(=O)c2c(F)c(F)c(F)c(F)c2F)o1. The third kappa shape index (κ3) is 2.09. The molecule has 0 atom stereocenters. The Balaban J connectivity index is 2.60. The van der Waals surface area contributed by atoms with Gasteiger partial charge in [0, 0.05) is 6.42 Å². The quantitative estimate of drug-likeness (QED) is 0.373. The topological polar surface area (TPSA) is 30.2 Å². The zero-order valence-electron chi connectivity index (χ0n) is 10.1. The molecule has 1 aromatic carbocycles. The van der Waals surface area contributed by atoms with Gasteiger partial charge in [0.2, 0.25) is 11.6 Å². The van der Waals surface area contributed by atoms with Crippen LogP contribution in [0.25, 0.3) is 0 Å². The second-order valence-electron chi connectivity index (χ2n) is 3.89. The van der Waals surface area contributed by atoms with Crippen LogP contribution in [0.15, 0.2) is 16.5 Å². The number of rotatable bonds is 3. The van der Waals surface area contributed by atoms with Crippen molar-refractivity contribution in [3.63, 3.8) is 0 Å². The predicted molar refractivity (Wildman–Crippen MR) is 57.8 cm³/mol. The van der Waals surface area contributed by atoms with E-state index in [4.69, 9.17) is 4.42 Å². The van der Waals surface area contributed by atoms with Crippen molar-refractivity contribution in [3.8, 4) is 0 Å². The number of furan rings is 1. The van der Waals surface area contributed by atoms with E-state index in [1.165, 1.54) is 6.07 Å². The van der Waals surface area contributed by atoms with Crippen molar-refractivity contribution in [2.24, 2.45) is 0 Å². The number of hydrogen-bond acceptors (Lipinski definition) is 2. The van der Waals surface area contributed by atoms with Crippen LogP contribution in [0.1, 0.15) is 28.8 Å². The number of hydrogen-bond donors (Lipinski definition) is 0. The number of carbonyl (C=O) groups is 1. The minimum atomic E-state index is -2.31. The van der Waals surface area contributed by atoms with Crippen molar-refractivity contribution >= 4 is 5.78 Å². The van der Waals surface area contributed by atoms with Gasteiger partial charge in [0.15, 0.2) is 29.0 Å². The highest BCUT2D eigenvalue weighted by Gasteiger charge is 2.31. The maximum Gasteiger partial charge on any atom is 0.234 e. The summed E-state index contributed by atoms with van der Waals surface area (Å²) in [6.07, 6.45) is 0.407. The Bertz CT molecular complexity index is 661. The van der Waals surface area contributed by atoms with Crippen molar-refractivity contribution in [3.05, 3.63) is 58.3 Å². The molecule has 0 unspecified atom stereocenters. The van der Waals surface area contributed by atoms with E-state index in [9.17, 15) is 26.7 Å². The highest BCUT2D eigenvalue weighted by Crippen LogP contribution is 2.25. The number of halogens is 5. The van der Waals surface area contributed by atoms with Crippen LogP contribution in [0.4, 0.5) is 22.0 Å². The summed E-state index contributed by atoms with van der Waals surface area (Å²) in [6, 6.07) is 2.48. The fourth-order valence-electron chi connectivity index (χ4n) is 1.62. The van der Waals surface area contributed by atoms with Crippen LogP contribution in [0.5, 0.6) is 0 Å². The molecule has 0 amide bonds. The maximum absolute atomic E-state index is 13.4. The Morgan fingerprint density at radius 3 is 1.90 bits per heavy atom. The van der Waals surface area contributed by atoms with Gasteiger partial charge in [-0.2, -0.15) is 0 Å². The number of aryl methyl sites for hydroxylation is 1. The summed E-state index contributed by atoms with van der Waals surface area (Å²) in [4.78, 5) is 11.8. The third-order valence-corrected chi connectivity index (χ3v) is 2.67. The van der Waals surface area contributed by atoms with Gasteiger partial charge >= 0.3 is 0 Å². The first-order chi connectivity index (χ1) is 9.38. The molecule has 2 nitrogen and oxygen atoms in total. The Labute approximate surface area is 109 Å². The summed E-state index contributed by atoms with van der Waals surface area (Å²) < 4.78 is 70.7. The molecule has 7 heteroatoms. The van der Waals surface area contributed by atoms with Crippen LogP contribution in [-0.2, 0) is 6.42 Å². The lowest BCUT2D eigenvalue weighted by molar-refractivity contribution is 0.0996. The Hall–Kier alpha value is -2.18. The number of carbonyl (C=O) groups excluding carboxylic acids is 1. The summed E-state index contributed by atoms with van der Waals surface area (Å²) in [5, 5.41) is 0. The molecule has 0 bridgehead atoms. The minimum Gasteiger partial charge on any atom is -0.458 e. The molecular weight excluding hydrogens is 283 g/mol. The van der Waals surface area contributed by atoms with E-state index in [0.717, 1.165) is 6.07 Å². The van der Waals surface area contributed by atoms with Crippen LogP contribution >= 0.6 is 0 Å². The van der Waals surface area contributed by atoms with E-state index in [2.05, 4.69) is 0 Å². The van der Waals surface area contributed by atoms with E-state index in [-0.39, 0.29) is 0 Å². The molecule has 0 aliphatic heterocycles. The van der Waals surface area contributed by atoms with Gasteiger partial charge in [-0.05, 0) is 12.1 Å². The number of benzene rings is 1. The Morgan fingerprint density at radius 2 is 1.45 bits per heavy atom. The molecule has 0 saturated carbocycles. The predicted octanol–water partition coefficient (Wildman–Crippen LogP) is 3.77. The molecule has 2 aromatic rings. The first-order valence-corrected chi connectivity index (χ1v) is 5.53. The molecule has 1 heterocycles. The second kappa shape index (κ2) is 5.07. The summed E-state index contributed by atoms with van der Waals surface area (Å²) in [5.41, 5.74) is -1.53. The van der Waals surface area contributed by atoms with Crippen LogP contribution in [0, 0.1) is 29.1 Å². The van der Waals surface area contributed by atoms with Gasteiger partial charge in [0.05, 0.1) is 0 Å². The van der Waals surface area contributed by atoms with Crippen LogP contribution in [0.2, 0.25) is 0 Å². The van der Waals surface area contributed by atoms with E-state index < -0.39 is 46.2 Å². The molecule has 0 N–H and O–H groups in total. The zero-order chi connectivity index (χ0) is 15.0. The molecule has 0 radical (unpaired) electrons. The maximum atomic E-state index is 13.4. The lowest BCUT2D eigenvalue weighted by Gasteiger charge is -2.05. The molecule has 106 valence electrons. The standard InChI is InChI=1S/C13H7F5O2/c1-2-5-3-4-6(20-5)13(19)7-8(14)10(16)12(18)11(17)9(7)15/h3-4H,2H2,1H3. The lowest BCUT2D eigenvalue weighted by Crippen LogP contribution is -2.13. The minimum absolute atomic E-state index is 0.345. The van der Waals surface area contributed by atoms with Gasteiger partial charge in [-0.1, -0.05) is 6.92 Å². The fraction of sp³-hybridized carbons (Fsp3) is 0.154. The molecule has 0 spiro atoms. The summed E-state index contributed by atoms with van der Waals surface area (Å²) in [7, 11) is 0. The zero-order valence-corrected chi connectivity index (χ0v) is 10.1. The second-order valence-corrected chi connectivity index (χ2v) is 3.89. The molecule has 2 rings (SSSR count). The van der Waals surface area contributed by atoms with E-state index in [1.807, 2.05) is 0 Å². The molecular formula is C13H7F5O2. The molecule has 0 aliphatic carbocycles. The largest absolute Gasteiger partial charge is 0.458 e. The van der Waals surface area contributed by atoms with Crippen molar-refractivity contribution in [1.82, 2.24) is 0 Å². The average molecular weight is 290 g/mol. The highest BCUT2D eigenvalue weighted by atomic mass is 19.2.